The van der Waals surface area contributed by atoms with Gasteiger partial charge in [-0.25, -0.2) is 0 Å². The molecule has 0 atom stereocenters. The average Bonchev–Trinajstić information content (AvgIpc) is 2.18. The minimum absolute atomic E-state index is 0.851. The SMILES string of the molecule is CO/N=C(\C)c1cccc(OC)c1C. The van der Waals surface area contributed by atoms with Gasteiger partial charge < -0.3 is 9.57 Å². The zero-order valence-corrected chi connectivity index (χ0v) is 9.00. The number of rotatable bonds is 3. The van der Waals surface area contributed by atoms with Crippen molar-refractivity contribution in [3.63, 3.8) is 0 Å². The molecule has 1 aromatic rings. The van der Waals surface area contributed by atoms with Crippen LogP contribution in [0.15, 0.2) is 23.4 Å². The van der Waals surface area contributed by atoms with Gasteiger partial charge in [-0.2, -0.15) is 0 Å². The van der Waals surface area contributed by atoms with Crippen molar-refractivity contribution in [2.24, 2.45) is 5.16 Å². The molecule has 0 radical (unpaired) electrons. The highest BCUT2D eigenvalue weighted by molar-refractivity contribution is 6.00. The van der Waals surface area contributed by atoms with E-state index in [0.717, 1.165) is 22.6 Å². The molecule has 14 heavy (non-hydrogen) atoms. The van der Waals surface area contributed by atoms with E-state index in [1.807, 2.05) is 32.0 Å². The molecule has 0 aliphatic carbocycles. The van der Waals surface area contributed by atoms with Crippen LogP contribution in [0.2, 0.25) is 0 Å². The van der Waals surface area contributed by atoms with Crippen LogP contribution >= 0.6 is 0 Å². The first-order valence-corrected chi connectivity index (χ1v) is 4.42. The number of benzene rings is 1. The first-order chi connectivity index (χ1) is 6.70. The van der Waals surface area contributed by atoms with Gasteiger partial charge >= 0.3 is 0 Å². The Hall–Kier alpha value is -1.51. The van der Waals surface area contributed by atoms with Crippen LogP contribution < -0.4 is 4.74 Å². The Labute approximate surface area is 84.3 Å². The summed E-state index contributed by atoms with van der Waals surface area (Å²) < 4.78 is 5.22. The fourth-order valence-corrected chi connectivity index (χ4v) is 1.41. The maximum atomic E-state index is 5.22. The third-order valence-corrected chi connectivity index (χ3v) is 2.12. The predicted octanol–water partition coefficient (Wildman–Crippen LogP) is 2.37. The summed E-state index contributed by atoms with van der Waals surface area (Å²) in [5.41, 5.74) is 2.98. The quantitative estimate of drug-likeness (QED) is 0.545. The predicted molar refractivity (Wildman–Crippen MR) is 57.0 cm³/mol. The summed E-state index contributed by atoms with van der Waals surface area (Å²) in [5.74, 6) is 0.869. The maximum Gasteiger partial charge on any atom is 0.122 e. The molecule has 0 amide bonds. The number of methoxy groups -OCH3 is 1. The Morgan fingerprint density at radius 3 is 2.57 bits per heavy atom. The van der Waals surface area contributed by atoms with Gasteiger partial charge in [0.25, 0.3) is 0 Å². The van der Waals surface area contributed by atoms with Crippen molar-refractivity contribution in [1.29, 1.82) is 0 Å². The molecule has 0 saturated carbocycles. The first-order valence-electron chi connectivity index (χ1n) is 4.42. The van der Waals surface area contributed by atoms with E-state index < -0.39 is 0 Å². The smallest absolute Gasteiger partial charge is 0.122 e. The van der Waals surface area contributed by atoms with Gasteiger partial charge in [-0.05, 0) is 19.9 Å². The Kier molecular flexibility index (Phi) is 3.51. The van der Waals surface area contributed by atoms with E-state index in [-0.39, 0.29) is 0 Å². The average molecular weight is 193 g/mol. The fourth-order valence-electron chi connectivity index (χ4n) is 1.41. The van der Waals surface area contributed by atoms with Crippen LogP contribution in [-0.2, 0) is 4.84 Å². The van der Waals surface area contributed by atoms with Crippen LogP contribution in [0.3, 0.4) is 0 Å². The normalized spacial score (nSPS) is 11.3. The van der Waals surface area contributed by atoms with Crippen LogP contribution in [0.1, 0.15) is 18.1 Å². The molecule has 0 spiro atoms. The topological polar surface area (TPSA) is 30.8 Å². The molecule has 1 rings (SSSR count). The van der Waals surface area contributed by atoms with Crippen LogP contribution in [0.4, 0.5) is 0 Å². The monoisotopic (exact) mass is 193 g/mol. The highest BCUT2D eigenvalue weighted by Crippen LogP contribution is 2.21. The van der Waals surface area contributed by atoms with Crippen molar-refractivity contribution in [3.8, 4) is 5.75 Å². The van der Waals surface area contributed by atoms with Crippen molar-refractivity contribution in [2.75, 3.05) is 14.2 Å². The molecule has 0 aliphatic heterocycles. The molecule has 0 aliphatic rings. The Balaban J connectivity index is 3.15. The summed E-state index contributed by atoms with van der Waals surface area (Å²) in [5, 5.41) is 3.89. The van der Waals surface area contributed by atoms with Gasteiger partial charge in [-0.3, -0.25) is 0 Å². The van der Waals surface area contributed by atoms with Gasteiger partial charge in [-0.1, -0.05) is 17.3 Å². The fraction of sp³-hybridized carbons (Fsp3) is 0.364. The van der Waals surface area contributed by atoms with Crippen LogP contribution in [-0.4, -0.2) is 19.9 Å². The van der Waals surface area contributed by atoms with E-state index in [4.69, 9.17) is 9.57 Å². The highest BCUT2D eigenvalue weighted by Gasteiger charge is 2.06. The van der Waals surface area contributed by atoms with Crippen LogP contribution in [0.5, 0.6) is 5.75 Å². The lowest BCUT2D eigenvalue weighted by Gasteiger charge is -2.09. The molecule has 0 fully saturated rings. The minimum atomic E-state index is 0.851. The molecule has 0 unspecified atom stereocenters. The van der Waals surface area contributed by atoms with E-state index in [1.54, 1.807) is 14.2 Å². The molecule has 0 heterocycles. The molecule has 0 aromatic heterocycles. The molecule has 0 saturated heterocycles. The lowest BCUT2D eigenvalue weighted by atomic mass is 10.0. The van der Waals surface area contributed by atoms with Crippen LogP contribution in [0, 0.1) is 6.92 Å². The van der Waals surface area contributed by atoms with Crippen molar-refractivity contribution in [3.05, 3.63) is 29.3 Å². The first kappa shape index (κ1) is 10.6. The van der Waals surface area contributed by atoms with E-state index in [2.05, 4.69) is 5.16 Å². The molecular weight excluding hydrogens is 178 g/mol. The molecule has 1 aromatic carbocycles. The van der Waals surface area contributed by atoms with Gasteiger partial charge in [0.1, 0.15) is 12.9 Å². The van der Waals surface area contributed by atoms with Crippen LogP contribution in [0.25, 0.3) is 0 Å². The van der Waals surface area contributed by atoms with E-state index in [1.165, 1.54) is 0 Å². The van der Waals surface area contributed by atoms with E-state index >= 15 is 0 Å². The van der Waals surface area contributed by atoms with E-state index in [0.29, 0.717) is 0 Å². The van der Waals surface area contributed by atoms with Gasteiger partial charge in [0, 0.05) is 11.1 Å². The summed E-state index contributed by atoms with van der Waals surface area (Å²) in [6.07, 6.45) is 0. The summed E-state index contributed by atoms with van der Waals surface area (Å²) >= 11 is 0. The minimum Gasteiger partial charge on any atom is -0.496 e. The molecule has 0 N–H and O–H groups in total. The second-order valence-electron chi connectivity index (χ2n) is 2.99. The number of hydrogen-bond donors (Lipinski definition) is 0. The summed E-state index contributed by atoms with van der Waals surface area (Å²) in [6, 6.07) is 5.87. The summed E-state index contributed by atoms with van der Waals surface area (Å²) in [4.78, 5) is 4.73. The highest BCUT2D eigenvalue weighted by atomic mass is 16.6. The zero-order valence-electron chi connectivity index (χ0n) is 9.00. The van der Waals surface area contributed by atoms with Crippen molar-refractivity contribution < 1.29 is 9.57 Å². The largest absolute Gasteiger partial charge is 0.496 e. The van der Waals surface area contributed by atoms with Crippen molar-refractivity contribution in [2.45, 2.75) is 13.8 Å². The lowest BCUT2D eigenvalue weighted by molar-refractivity contribution is 0.213. The lowest BCUT2D eigenvalue weighted by Crippen LogP contribution is -2.00. The van der Waals surface area contributed by atoms with Crippen molar-refractivity contribution >= 4 is 5.71 Å². The van der Waals surface area contributed by atoms with E-state index in [9.17, 15) is 0 Å². The van der Waals surface area contributed by atoms with Gasteiger partial charge in [0.2, 0.25) is 0 Å². The number of nitrogens with zero attached hydrogens (tertiary/aromatic N) is 1. The summed E-state index contributed by atoms with van der Waals surface area (Å²) in [6.45, 7) is 3.91. The van der Waals surface area contributed by atoms with Crippen molar-refractivity contribution in [1.82, 2.24) is 0 Å². The molecule has 3 heteroatoms. The molecule has 0 bridgehead atoms. The third kappa shape index (κ3) is 2.05. The Morgan fingerprint density at radius 1 is 1.29 bits per heavy atom. The Bertz CT molecular complexity index is 345. The summed E-state index contributed by atoms with van der Waals surface area (Å²) in [7, 11) is 3.20. The number of hydrogen-bond acceptors (Lipinski definition) is 3. The maximum absolute atomic E-state index is 5.22. The molecular formula is C11H15NO2. The van der Waals surface area contributed by atoms with Gasteiger partial charge in [-0.15, -0.1) is 0 Å². The number of oxime groups is 1. The second kappa shape index (κ2) is 4.65. The third-order valence-electron chi connectivity index (χ3n) is 2.12. The Morgan fingerprint density at radius 2 is 2.00 bits per heavy atom. The zero-order chi connectivity index (χ0) is 10.6. The second-order valence-corrected chi connectivity index (χ2v) is 2.99. The van der Waals surface area contributed by atoms with Gasteiger partial charge in [0.15, 0.2) is 0 Å². The van der Waals surface area contributed by atoms with Gasteiger partial charge in [0.05, 0.1) is 12.8 Å². The molecule has 3 nitrogen and oxygen atoms in total. The molecule has 76 valence electrons. The standard InChI is InChI=1S/C11H15NO2/c1-8-10(9(2)12-14-4)6-5-7-11(8)13-3/h5-7H,1-4H3/b12-9+. The number of ether oxygens (including phenoxy) is 1.